The summed E-state index contributed by atoms with van der Waals surface area (Å²) in [6.45, 7) is 9.49. The number of benzene rings is 3. The summed E-state index contributed by atoms with van der Waals surface area (Å²) >= 11 is 0. The molecule has 0 fully saturated rings. The Labute approximate surface area is 247 Å². The van der Waals surface area contributed by atoms with Crippen LogP contribution in [0.4, 0.5) is 4.39 Å². The molecule has 3 aromatic carbocycles. The molecule has 0 unspecified atom stereocenters. The fraction of sp³-hybridized carbons (Fsp3) is 0.351. The Morgan fingerprint density at radius 2 is 1.26 bits per heavy atom. The molecule has 0 radical (unpaired) electrons. The molecule has 0 spiro atoms. The number of para-hydroxylation sites is 1. The van der Waals surface area contributed by atoms with Crippen molar-refractivity contribution in [3.8, 4) is 5.75 Å². The van der Waals surface area contributed by atoms with E-state index in [0.29, 0.717) is 25.1 Å². The third kappa shape index (κ3) is 5.45. The second-order valence-corrected chi connectivity index (χ2v) is 13.6. The lowest BCUT2D eigenvalue weighted by Gasteiger charge is -2.49. The summed E-state index contributed by atoms with van der Waals surface area (Å²) in [5.74, 6) is 0.0532. The van der Waals surface area contributed by atoms with Crippen LogP contribution in [-0.2, 0) is 22.7 Å². The lowest BCUT2D eigenvalue weighted by molar-refractivity contribution is -0.119. The maximum Gasteiger partial charge on any atom is 0.162 e. The van der Waals surface area contributed by atoms with E-state index in [9.17, 15) is 14.0 Å². The van der Waals surface area contributed by atoms with Gasteiger partial charge in [-0.2, -0.15) is 0 Å². The van der Waals surface area contributed by atoms with E-state index in [1.54, 1.807) is 12.1 Å². The zero-order valence-corrected chi connectivity index (χ0v) is 24.9. The Bertz CT molecular complexity index is 1540. The minimum absolute atomic E-state index is 0.0989. The zero-order valence-electron chi connectivity index (χ0n) is 24.9. The molecule has 1 heterocycles. The number of nitrogens with zero attached hydrogens (tertiary/aromatic N) is 1. The number of rotatable bonds is 6. The number of Topliss-reactive ketones (excluding diaryl/α,β-unsaturated/α-hetero) is 2. The summed E-state index contributed by atoms with van der Waals surface area (Å²) < 4.78 is 19.9. The molecule has 0 bridgehead atoms. The summed E-state index contributed by atoms with van der Waals surface area (Å²) in [5.41, 5.74) is 5.95. The first-order valence-corrected chi connectivity index (χ1v) is 14.8. The Kier molecular flexibility index (Phi) is 7.16. The number of hydrogen-bond acceptors (Lipinski definition) is 4. The fourth-order valence-corrected chi connectivity index (χ4v) is 6.91. The molecule has 0 N–H and O–H groups in total. The van der Waals surface area contributed by atoms with Gasteiger partial charge in [0, 0.05) is 53.4 Å². The van der Waals surface area contributed by atoms with Crippen molar-refractivity contribution in [2.24, 2.45) is 10.8 Å². The molecule has 216 valence electrons. The summed E-state index contributed by atoms with van der Waals surface area (Å²) in [6, 6.07) is 24.3. The van der Waals surface area contributed by atoms with Crippen LogP contribution in [0.5, 0.6) is 5.75 Å². The predicted molar refractivity (Wildman–Crippen MR) is 162 cm³/mol. The third-order valence-corrected chi connectivity index (χ3v) is 8.74. The van der Waals surface area contributed by atoms with Gasteiger partial charge in [0.15, 0.2) is 11.6 Å². The number of ether oxygens (including phenoxy) is 1. The quantitative estimate of drug-likeness (QED) is 0.303. The van der Waals surface area contributed by atoms with Gasteiger partial charge in [0.25, 0.3) is 0 Å². The molecule has 0 saturated heterocycles. The Hall–Kier alpha value is -3.99. The van der Waals surface area contributed by atoms with Gasteiger partial charge in [-0.25, -0.2) is 4.39 Å². The lowest BCUT2D eigenvalue weighted by atomic mass is 9.63. The molecule has 1 aliphatic heterocycles. The molecular formula is C37H38FNO3. The molecule has 42 heavy (non-hydrogen) atoms. The number of halogens is 1. The van der Waals surface area contributed by atoms with Crippen LogP contribution in [0, 0.1) is 16.6 Å². The van der Waals surface area contributed by atoms with E-state index < -0.39 is 5.92 Å². The van der Waals surface area contributed by atoms with Crippen LogP contribution in [-0.4, -0.2) is 16.5 Å². The molecule has 0 aromatic heterocycles. The first-order chi connectivity index (χ1) is 20.0. The highest BCUT2D eigenvalue weighted by molar-refractivity contribution is 6.07. The van der Waals surface area contributed by atoms with Gasteiger partial charge in [-0.05, 0) is 53.0 Å². The molecule has 0 atom stereocenters. The smallest absolute Gasteiger partial charge is 0.162 e. The predicted octanol–water partition coefficient (Wildman–Crippen LogP) is 8.29. The molecule has 3 aliphatic rings. The van der Waals surface area contributed by atoms with Crippen molar-refractivity contribution in [3.05, 3.63) is 124 Å². The number of carbonyl (C=O) groups excluding carboxylic acids is 2. The lowest BCUT2D eigenvalue weighted by Crippen LogP contribution is -2.44. The maximum absolute atomic E-state index is 14.2. The van der Waals surface area contributed by atoms with Crippen molar-refractivity contribution in [2.45, 2.75) is 72.4 Å². The van der Waals surface area contributed by atoms with Crippen molar-refractivity contribution < 1.29 is 18.7 Å². The van der Waals surface area contributed by atoms with Crippen LogP contribution in [0.1, 0.15) is 76.0 Å². The fourth-order valence-electron chi connectivity index (χ4n) is 6.91. The highest BCUT2D eigenvalue weighted by Gasteiger charge is 2.49. The molecule has 2 aliphatic carbocycles. The molecule has 6 rings (SSSR count). The first kappa shape index (κ1) is 28.1. The van der Waals surface area contributed by atoms with E-state index in [4.69, 9.17) is 4.74 Å². The topological polar surface area (TPSA) is 46.6 Å². The average molecular weight is 564 g/mol. The summed E-state index contributed by atoms with van der Waals surface area (Å²) in [7, 11) is 0. The zero-order chi connectivity index (χ0) is 29.6. The van der Waals surface area contributed by atoms with Crippen molar-refractivity contribution >= 4 is 11.6 Å². The second-order valence-electron chi connectivity index (χ2n) is 13.6. The number of allylic oxidation sites excluding steroid dienone is 4. The van der Waals surface area contributed by atoms with Crippen molar-refractivity contribution in [1.29, 1.82) is 0 Å². The van der Waals surface area contributed by atoms with E-state index in [2.05, 4.69) is 44.7 Å². The van der Waals surface area contributed by atoms with Gasteiger partial charge in [0.1, 0.15) is 18.2 Å². The number of hydrogen-bond donors (Lipinski definition) is 0. The van der Waals surface area contributed by atoms with E-state index in [-0.39, 0.29) is 34.8 Å². The largest absolute Gasteiger partial charge is 0.489 e. The second kappa shape index (κ2) is 10.7. The number of ketones is 2. The molecule has 3 aromatic rings. The summed E-state index contributed by atoms with van der Waals surface area (Å²) in [6.07, 6.45) is 2.37. The van der Waals surface area contributed by atoms with Crippen LogP contribution in [0.3, 0.4) is 0 Å². The number of carbonyl (C=O) groups is 2. The highest BCUT2D eigenvalue weighted by atomic mass is 19.1. The summed E-state index contributed by atoms with van der Waals surface area (Å²) in [4.78, 5) is 30.6. The third-order valence-electron chi connectivity index (χ3n) is 8.74. The van der Waals surface area contributed by atoms with Crippen molar-refractivity contribution in [1.82, 2.24) is 4.90 Å². The Balaban J connectivity index is 1.52. The van der Waals surface area contributed by atoms with Crippen LogP contribution < -0.4 is 4.74 Å². The highest BCUT2D eigenvalue weighted by Crippen LogP contribution is 2.55. The minimum Gasteiger partial charge on any atom is -0.489 e. The minimum atomic E-state index is -0.487. The normalized spacial score (nSPS) is 20.0. The molecule has 4 nitrogen and oxygen atoms in total. The SMILES string of the molecule is CC1(C)CC(=O)C2=C(C1)N(Cc1ccccc1)C1=C(C(=O)CC(C)(C)C1)C2c1ccccc1OCc1ccc(F)cc1. The Morgan fingerprint density at radius 3 is 1.86 bits per heavy atom. The van der Waals surface area contributed by atoms with Crippen LogP contribution in [0.2, 0.25) is 0 Å². The molecule has 0 saturated carbocycles. The van der Waals surface area contributed by atoms with Gasteiger partial charge < -0.3 is 9.64 Å². The Morgan fingerprint density at radius 1 is 0.714 bits per heavy atom. The first-order valence-electron chi connectivity index (χ1n) is 14.8. The molecular weight excluding hydrogens is 525 g/mol. The van der Waals surface area contributed by atoms with Gasteiger partial charge in [-0.1, -0.05) is 88.4 Å². The van der Waals surface area contributed by atoms with Crippen LogP contribution in [0.15, 0.2) is 101 Å². The average Bonchev–Trinajstić information content (AvgIpc) is 2.93. The van der Waals surface area contributed by atoms with Crippen molar-refractivity contribution in [3.63, 3.8) is 0 Å². The van der Waals surface area contributed by atoms with Crippen LogP contribution in [0.25, 0.3) is 0 Å². The molecule has 0 amide bonds. The van der Waals surface area contributed by atoms with Gasteiger partial charge >= 0.3 is 0 Å². The van der Waals surface area contributed by atoms with E-state index in [1.807, 2.05) is 42.5 Å². The van der Waals surface area contributed by atoms with E-state index in [0.717, 1.165) is 52.1 Å². The maximum atomic E-state index is 14.2. The standard InChI is InChI=1S/C37H38FNO3/c1-36(2)18-28-34(30(40)20-36)33(27-12-8-9-13-32(27)42-23-25-14-16-26(38)17-15-25)35-29(19-37(3,4)21-31(35)41)39(28)22-24-10-6-5-7-11-24/h5-17,33H,18-23H2,1-4H3. The summed E-state index contributed by atoms with van der Waals surface area (Å²) in [5, 5.41) is 0. The van der Waals surface area contributed by atoms with Gasteiger partial charge in [0.05, 0.1) is 0 Å². The van der Waals surface area contributed by atoms with Crippen LogP contribution >= 0.6 is 0 Å². The van der Waals surface area contributed by atoms with E-state index >= 15 is 0 Å². The monoisotopic (exact) mass is 563 g/mol. The van der Waals surface area contributed by atoms with Gasteiger partial charge in [-0.3, -0.25) is 9.59 Å². The molecule has 5 heteroatoms. The van der Waals surface area contributed by atoms with E-state index in [1.165, 1.54) is 12.1 Å². The van der Waals surface area contributed by atoms with Crippen molar-refractivity contribution in [2.75, 3.05) is 0 Å². The van der Waals surface area contributed by atoms with Gasteiger partial charge in [-0.15, -0.1) is 0 Å². The van der Waals surface area contributed by atoms with Gasteiger partial charge in [0.2, 0.25) is 0 Å².